The molecule has 0 unspecified atom stereocenters. The molecule has 2 heterocycles. The number of aromatic nitrogens is 4. The molecule has 0 bridgehead atoms. The average Bonchev–Trinajstić information content (AvgIpc) is 2.91. The summed E-state index contributed by atoms with van der Waals surface area (Å²) in [5.74, 6) is -0.647. The first-order valence-electron chi connectivity index (χ1n) is 7.10. The Kier molecular flexibility index (Phi) is 4.03. The molecule has 2 aromatic heterocycles. The molecule has 0 spiro atoms. The van der Waals surface area contributed by atoms with Gasteiger partial charge in [0.05, 0.1) is 11.8 Å². The van der Waals surface area contributed by atoms with Gasteiger partial charge in [0.15, 0.2) is 5.65 Å². The first-order chi connectivity index (χ1) is 11.8. The van der Waals surface area contributed by atoms with E-state index in [1.807, 2.05) is 0 Å². The van der Waals surface area contributed by atoms with Crippen molar-refractivity contribution in [2.45, 2.75) is 12.7 Å². The zero-order chi connectivity index (χ0) is 18.2. The number of rotatable bonds is 3. The summed E-state index contributed by atoms with van der Waals surface area (Å²) < 4.78 is 40.5. The minimum Gasteiger partial charge on any atom is -0.325 e. The Morgan fingerprint density at radius 3 is 2.80 bits per heavy atom. The van der Waals surface area contributed by atoms with E-state index in [9.17, 15) is 22.8 Å². The number of aryl methyl sites for hydroxylation is 1. The van der Waals surface area contributed by atoms with Gasteiger partial charge in [-0.3, -0.25) is 18.8 Å². The Bertz CT molecular complexity index is 1010. The van der Waals surface area contributed by atoms with Crippen molar-refractivity contribution in [2.75, 3.05) is 5.32 Å². The van der Waals surface area contributed by atoms with Gasteiger partial charge in [-0.15, -0.1) is 0 Å². The Morgan fingerprint density at radius 1 is 1.32 bits per heavy atom. The van der Waals surface area contributed by atoms with Crippen molar-refractivity contribution in [2.24, 2.45) is 7.05 Å². The van der Waals surface area contributed by atoms with Crippen LogP contribution in [0.3, 0.4) is 0 Å². The molecular formula is C15H12F3N5O2. The number of nitrogens with one attached hydrogen (secondary N) is 1. The van der Waals surface area contributed by atoms with Crippen LogP contribution >= 0.6 is 0 Å². The van der Waals surface area contributed by atoms with Gasteiger partial charge in [0.25, 0.3) is 5.56 Å². The van der Waals surface area contributed by atoms with E-state index < -0.39 is 23.2 Å². The number of hydrogen-bond donors (Lipinski definition) is 1. The predicted octanol–water partition coefficient (Wildman–Crippen LogP) is 1.79. The monoisotopic (exact) mass is 351 g/mol. The molecule has 0 saturated carbocycles. The lowest BCUT2D eigenvalue weighted by atomic mass is 10.2. The third-order valence-electron chi connectivity index (χ3n) is 3.51. The van der Waals surface area contributed by atoms with Crippen molar-refractivity contribution in [3.05, 3.63) is 52.7 Å². The van der Waals surface area contributed by atoms with E-state index >= 15 is 0 Å². The quantitative estimate of drug-likeness (QED) is 0.780. The number of carbonyl (C=O) groups is 1. The fourth-order valence-corrected chi connectivity index (χ4v) is 2.31. The number of anilines is 1. The highest BCUT2D eigenvalue weighted by Gasteiger charge is 2.30. The van der Waals surface area contributed by atoms with Crippen molar-refractivity contribution in [1.29, 1.82) is 0 Å². The van der Waals surface area contributed by atoms with Crippen LogP contribution < -0.4 is 10.9 Å². The second kappa shape index (κ2) is 6.04. The Labute approximate surface area is 138 Å². The Morgan fingerprint density at radius 2 is 2.08 bits per heavy atom. The first kappa shape index (κ1) is 16.7. The summed E-state index contributed by atoms with van der Waals surface area (Å²) in [4.78, 5) is 28.3. The van der Waals surface area contributed by atoms with E-state index in [1.165, 1.54) is 29.3 Å². The molecule has 130 valence electrons. The van der Waals surface area contributed by atoms with Gasteiger partial charge < -0.3 is 5.32 Å². The Hall–Kier alpha value is -3.17. The van der Waals surface area contributed by atoms with Crippen LogP contribution in [0, 0.1) is 0 Å². The third kappa shape index (κ3) is 3.37. The van der Waals surface area contributed by atoms with Crippen LogP contribution in [0.25, 0.3) is 11.0 Å². The predicted molar refractivity (Wildman–Crippen MR) is 82.8 cm³/mol. The van der Waals surface area contributed by atoms with Gasteiger partial charge in [-0.05, 0) is 18.2 Å². The van der Waals surface area contributed by atoms with E-state index in [0.717, 1.165) is 16.7 Å². The Balaban J connectivity index is 1.79. The van der Waals surface area contributed by atoms with E-state index in [2.05, 4.69) is 15.4 Å². The van der Waals surface area contributed by atoms with Crippen LogP contribution in [-0.4, -0.2) is 25.2 Å². The standard InChI is InChI=1S/C15H12F3N5O2/c1-22-13-11(6-20-22)14(25)23(8-19-13)7-12(24)21-10-4-2-3-9(5-10)15(16,17)18/h2-6,8H,7H2,1H3,(H,21,24). The highest BCUT2D eigenvalue weighted by molar-refractivity contribution is 5.90. The SMILES string of the molecule is Cn1ncc2c(=O)n(CC(=O)Nc3cccc(C(F)(F)F)c3)cnc21. The second-order valence-corrected chi connectivity index (χ2v) is 5.31. The van der Waals surface area contributed by atoms with Crippen LogP contribution in [0.4, 0.5) is 18.9 Å². The highest BCUT2D eigenvalue weighted by atomic mass is 19.4. The summed E-state index contributed by atoms with van der Waals surface area (Å²) >= 11 is 0. The largest absolute Gasteiger partial charge is 0.416 e. The maximum absolute atomic E-state index is 12.7. The number of alkyl halides is 3. The number of carbonyl (C=O) groups excluding carboxylic acids is 1. The molecule has 0 aliphatic heterocycles. The fourth-order valence-electron chi connectivity index (χ4n) is 2.31. The summed E-state index contributed by atoms with van der Waals surface area (Å²) in [6.45, 7) is -0.382. The van der Waals surface area contributed by atoms with Crippen molar-refractivity contribution < 1.29 is 18.0 Å². The molecule has 0 atom stereocenters. The topological polar surface area (TPSA) is 81.8 Å². The fraction of sp³-hybridized carbons (Fsp3) is 0.200. The molecule has 25 heavy (non-hydrogen) atoms. The van der Waals surface area contributed by atoms with Gasteiger partial charge in [-0.25, -0.2) is 4.98 Å². The van der Waals surface area contributed by atoms with Crippen LogP contribution in [-0.2, 0) is 24.6 Å². The molecule has 0 fully saturated rings. The minimum absolute atomic E-state index is 0.0108. The molecule has 1 N–H and O–H groups in total. The van der Waals surface area contributed by atoms with Crippen LogP contribution in [0.1, 0.15) is 5.56 Å². The summed E-state index contributed by atoms with van der Waals surface area (Å²) in [6.07, 6.45) is -1.98. The molecule has 0 radical (unpaired) electrons. The lowest BCUT2D eigenvalue weighted by Gasteiger charge is -2.10. The van der Waals surface area contributed by atoms with Gasteiger partial charge in [0.1, 0.15) is 18.3 Å². The lowest BCUT2D eigenvalue weighted by Crippen LogP contribution is -2.27. The van der Waals surface area contributed by atoms with Crippen molar-refractivity contribution in [1.82, 2.24) is 19.3 Å². The number of halogens is 3. The normalized spacial score (nSPS) is 11.7. The van der Waals surface area contributed by atoms with Crippen molar-refractivity contribution in [3.63, 3.8) is 0 Å². The number of nitrogens with zero attached hydrogens (tertiary/aromatic N) is 4. The summed E-state index contributed by atoms with van der Waals surface area (Å²) in [5, 5.41) is 6.49. The number of hydrogen-bond acceptors (Lipinski definition) is 4. The molecule has 1 aromatic carbocycles. The van der Waals surface area contributed by atoms with Gasteiger partial charge >= 0.3 is 6.18 Å². The summed E-state index contributed by atoms with van der Waals surface area (Å²) in [5.41, 5.74) is -0.971. The van der Waals surface area contributed by atoms with Crippen molar-refractivity contribution in [3.8, 4) is 0 Å². The van der Waals surface area contributed by atoms with E-state index in [1.54, 1.807) is 7.05 Å². The molecule has 0 aliphatic carbocycles. The number of fused-ring (bicyclic) bond motifs is 1. The zero-order valence-electron chi connectivity index (χ0n) is 12.9. The second-order valence-electron chi connectivity index (χ2n) is 5.31. The number of benzene rings is 1. The number of amides is 1. The van der Waals surface area contributed by atoms with E-state index in [0.29, 0.717) is 5.65 Å². The molecule has 0 aliphatic rings. The smallest absolute Gasteiger partial charge is 0.325 e. The van der Waals surface area contributed by atoms with Crippen LogP contribution in [0.15, 0.2) is 41.6 Å². The average molecular weight is 351 g/mol. The molecule has 10 heteroatoms. The maximum Gasteiger partial charge on any atom is 0.416 e. The van der Waals surface area contributed by atoms with Gasteiger partial charge in [0.2, 0.25) is 5.91 Å². The molecular weight excluding hydrogens is 339 g/mol. The van der Waals surface area contributed by atoms with Crippen LogP contribution in [0.5, 0.6) is 0 Å². The van der Waals surface area contributed by atoms with E-state index in [4.69, 9.17) is 0 Å². The lowest BCUT2D eigenvalue weighted by molar-refractivity contribution is -0.137. The minimum atomic E-state index is -4.51. The summed E-state index contributed by atoms with van der Waals surface area (Å²) in [7, 11) is 1.62. The van der Waals surface area contributed by atoms with Gasteiger partial charge in [-0.1, -0.05) is 6.07 Å². The molecule has 3 aromatic rings. The third-order valence-corrected chi connectivity index (χ3v) is 3.51. The maximum atomic E-state index is 12.7. The molecule has 0 saturated heterocycles. The summed E-state index contributed by atoms with van der Waals surface area (Å²) in [6, 6.07) is 4.25. The van der Waals surface area contributed by atoms with Gasteiger partial charge in [0, 0.05) is 12.7 Å². The van der Waals surface area contributed by atoms with E-state index in [-0.39, 0.29) is 17.6 Å². The van der Waals surface area contributed by atoms with Gasteiger partial charge in [-0.2, -0.15) is 18.3 Å². The molecule has 7 nitrogen and oxygen atoms in total. The molecule has 1 amide bonds. The first-order valence-corrected chi connectivity index (χ1v) is 7.10. The highest BCUT2D eigenvalue weighted by Crippen LogP contribution is 2.30. The van der Waals surface area contributed by atoms with Crippen molar-refractivity contribution >= 4 is 22.6 Å². The molecule has 3 rings (SSSR count). The zero-order valence-corrected chi connectivity index (χ0v) is 12.9. The van der Waals surface area contributed by atoms with Crippen LogP contribution in [0.2, 0.25) is 0 Å².